The molecule has 1 amide bonds. The molecule has 23 heavy (non-hydrogen) atoms. The summed E-state index contributed by atoms with van der Waals surface area (Å²) < 4.78 is 5.13. The van der Waals surface area contributed by atoms with Crippen LogP contribution in [0, 0.1) is 0 Å². The van der Waals surface area contributed by atoms with Gasteiger partial charge in [-0.25, -0.2) is 0 Å². The molecule has 0 radical (unpaired) electrons. The Kier molecular flexibility index (Phi) is 6.81. The fourth-order valence-electron chi connectivity index (χ4n) is 2.09. The fraction of sp³-hybridized carbons (Fsp3) is 0.278. The highest BCUT2D eigenvalue weighted by atomic mass is 35.5. The molecule has 122 valence electrons. The number of hydrogen-bond donors (Lipinski definition) is 0. The number of thioether (sulfide) groups is 1. The second-order valence-corrected chi connectivity index (χ2v) is 6.69. The molecule has 0 N–H and O–H groups in total. The average Bonchev–Trinajstić information content (AvgIpc) is 2.57. The maximum Gasteiger partial charge on any atom is 0.223 e. The van der Waals surface area contributed by atoms with E-state index >= 15 is 0 Å². The maximum atomic E-state index is 12.2. The van der Waals surface area contributed by atoms with Gasteiger partial charge in [0.15, 0.2) is 0 Å². The quantitative estimate of drug-likeness (QED) is 0.690. The molecule has 0 aliphatic carbocycles. The van der Waals surface area contributed by atoms with Gasteiger partial charge in [-0.3, -0.25) is 4.79 Å². The van der Waals surface area contributed by atoms with Gasteiger partial charge in [-0.1, -0.05) is 29.8 Å². The van der Waals surface area contributed by atoms with E-state index in [4.69, 9.17) is 16.3 Å². The largest absolute Gasteiger partial charge is 0.497 e. The lowest BCUT2D eigenvalue weighted by Gasteiger charge is -2.18. The van der Waals surface area contributed by atoms with Crippen LogP contribution in [0.1, 0.15) is 12.0 Å². The zero-order chi connectivity index (χ0) is 16.7. The molecule has 0 fully saturated rings. The molecular weight excluding hydrogens is 330 g/mol. The maximum absolute atomic E-state index is 12.2. The molecule has 0 bridgehead atoms. The Balaban J connectivity index is 1.78. The van der Waals surface area contributed by atoms with Gasteiger partial charge < -0.3 is 9.64 Å². The van der Waals surface area contributed by atoms with Crippen molar-refractivity contribution in [3.63, 3.8) is 0 Å². The van der Waals surface area contributed by atoms with E-state index in [0.717, 1.165) is 22.0 Å². The van der Waals surface area contributed by atoms with Gasteiger partial charge in [0.1, 0.15) is 5.75 Å². The Morgan fingerprint density at radius 1 is 1.17 bits per heavy atom. The van der Waals surface area contributed by atoms with Crippen molar-refractivity contribution in [1.29, 1.82) is 0 Å². The van der Waals surface area contributed by atoms with E-state index in [1.54, 1.807) is 23.8 Å². The van der Waals surface area contributed by atoms with Crippen LogP contribution < -0.4 is 4.74 Å². The predicted octanol–water partition coefficient (Wildman–Crippen LogP) is 4.49. The number of benzene rings is 2. The first kappa shape index (κ1) is 17.7. The second kappa shape index (κ2) is 8.85. The molecule has 0 saturated carbocycles. The minimum absolute atomic E-state index is 0.117. The number of amides is 1. The van der Waals surface area contributed by atoms with Crippen molar-refractivity contribution in [2.75, 3.05) is 19.9 Å². The van der Waals surface area contributed by atoms with Crippen LogP contribution in [0.4, 0.5) is 0 Å². The first-order valence-corrected chi connectivity index (χ1v) is 8.70. The van der Waals surface area contributed by atoms with E-state index in [9.17, 15) is 4.79 Å². The number of halogens is 1. The number of nitrogens with zero attached hydrogens (tertiary/aromatic N) is 1. The molecule has 0 spiro atoms. The van der Waals surface area contributed by atoms with Gasteiger partial charge in [0.2, 0.25) is 5.91 Å². The summed E-state index contributed by atoms with van der Waals surface area (Å²) in [6.45, 7) is 0.533. The lowest BCUT2D eigenvalue weighted by atomic mass is 10.2. The summed E-state index contributed by atoms with van der Waals surface area (Å²) >= 11 is 7.80. The molecule has 0 aliphatic heterocycles. The summed E-state index contributed by atoms with van der Waals surface area (Å²) in [6, 6.07) is 15.5. The fourth-order valence-corrected chi connectivity index (χ4v) is 3.13. The molecule has 0 aromatic heterocycles. The van der Waals surface area contributed by atoms with Crippen molar-refractivity contribution in [2.24, 2.45) is 0 Å². The third-order valence-electron chi connectivity index (χ3n) is 3.44. The molecule has 0 atom stereocenters. The molecule has 0 unspecified atom stereocenters. The van der Waals surface area contributed by atoms with Gasteiger partial charge in [-0.2, -0.15) is 0 Å². The number of carbonyl (C=O) groups excluding carboxylic acids is 1. The lowest BCUT2D eigenvalue weighted by molar-refractivity contribution is -0.129. The molecule has 5 heteroatoms. The minimum atomic E-state index is 0.117. The molecule has 3 nitrogen and oxygen atoms in total. The Morgan fingerprint density at radius 3 is 2.52 bits per heavy atom. The second-order valence-electron chi connectivity index (χ2n) is 5.12. The number of hydrogen-bond acceptors (Lipinski definition) is 3. The molecule has 2 rings (SSSR count). The summed E-state index contributed by atoms with van der Waals surface area (Å²) in [5, 5.41) is 0.694. The van der Waals surface area contributed by atoms with Crippen LogP contribution in [0.25, 0.3) is 0 Å². The topological polar surface area (TPSA) is 29.5 Å². The highest BCUT2D eigenvalue weighted by Crippen LogP contribution is 2.22. The molecule has 0 heterocycles. The summed E-state index contributed by atoms with van der Waals surface area (Å²) in [7, 11) is 3.46. The summed E-state index contributed by atoms with van der Waals surface area (Å²) in [5.41, 5.74) is 0.966. The van der Waals surface area contributed by atoms with E-state index < -0.39 is 0 Å². The summed E-state index contributed by atoms with van der Waals surface area (Å²) in [5.74, 6) is 1.70. The molecule has 0 aliphatic rings. The van der Waals surface area contributed by atoms with Gasteiger partial charge in [0.25, 0.3) is 0 Å². The Morgan fingerprint density at radius 2 is 1.87 bits per heavy atom. The van der Waals surface area contributed by atoms with E-state index in [0.29, 0.717) is 18.0 Å². The Bertz CT molecular complexity index is 646. The van der Waals surface area contributed by atoms with Crippen LogP contribution in [0.2, 0.25) is 5.02 Å². The van der Waals surface area contributed by atoms with Crippen LogP contribution >= 0.6 is 23.4 Å². The molecule has 2 aromatic rings. The summed E-state index contributed by atoms with van der Waals surface area (Å²) in [6.07, 6.45) is 0.498. The first-order chi connectivity index (χ1) is 11.1. The van der Waals surface area contributed by atoms with Crippen molar-refractivity contribution in [3.05, 3.63) is 59.1 Å². The standard InChI is InChI=1S/C18H20ClNO2S/c1-20(13-14-5-3-4-6-17(14)19)18(21)11-12-23-16-9-7-15(22-2)8-10-16/h3-10H,11-13H2,1-2H3. The Labute approximate surface area is 146 Å². The van der Waals surface area contributed by atoms with Crippen molar-refractivity contribution in [3.8, 4) is 5.75 Å². The van der Waals surface area contributed by atoms with Crippen molar-refractivity contribution in [1.82, 2.24) is 4.90 Å². The van der Waals surface area contributed by atoms with Crippen LogP contribution in [0.5, 0.6) is 5.75 Å². The van der Waals surface area contributed by atoms with Crippen molar-refractivity contribution < 1.29 is 9.53 Å². The van der Waals surface area contributed by atoms with E-state index in [1.165, 1.54) is 0 Å². The van der Waals surface area contributed by atoms with E-state index in [-0.39, 0.29) is 5.91 Å². The Hall–Kier alpha value is -1.65. The lowest BCUT2D eigenvalue weighted by Crippen LogP contribution is -2.26. The smallest absolute Gasteiger partial charge is 0.223 e. The predicted molar refractivity (Wildman–Crippen MR) is 96.3 cm³/mol. The zero-order valence-corrected chi connectivity index (χ0v) is 14.9. The highest BCUT2D eigenvalue weighted by molar-refractivity contribution is 7.99. The number of carbonyl (C=O) groups is 1. The molecule has 2 aromatic carbocycles. The van der Waals surface area contributed by atoms with Gasteiger partial charge in [-0.15, -0.1) is 11.8 Å². The third kappa shape index (κ3) is 5.48. The molecule has 0 saturated heterocycles. The van der Waals surface area contributed by atoms with Gasteiger partial charge >= 0.3 is 0 Å². The number of rotatable bonds is 7. The zero-order valence-electron chi connectivity index (χ0n) is 13.3. The van der Waals surface area contributed by atoms with E-state index in [2.05, 4.69) is 0 Å². The molecular formula is C18H20ClNO2S. The number of ether oxygens (including phenoxy) is 1. The van der Waals surface area contributed by atoms with Crippen molar-refractivity contribution >= 4 is 29.3 Å². The normalized spacial score (nSPS) is 10.4. The third-order valence-corrected chi connectivity index (χ3v) is 4.82. The van der Waals surface area contributed by atoms with Crippen molar-refractivity contribution in [2.45, 2.75) is 17.9 Å². The summed E-state index contributed by atoms with van der Waals surface area (Å²) in [4.78, 5) is 15.0. The van der Waals surface area contributed by atoms with Crippen LogP contribution in [-0.2, 0) is 11.3 Å². The highest BCUT2D eigenvalue weighted by Gasteiger charge is 2.11. The van der Waals surface area contributed by atoms with Gasteiger partial charge in [-0.05, 0) is 35.9 Å². The number of methoxy groups -OCH3 is 1. The SMILES string of the molecule is COc1ccc(SCCC(=O)N(C)Cc2ccccc2Cl)cc1. The van der Waals surface area contributed by atoms with Crippen LogP contribution in [0.15, 0.2) is 53.4 Å². The monoisotopic (exact) mass is 349 g/mol. The first-order valence-electron chi connectivity index (χ1n) is 7.34. The minimum Gasteiger partial charge on any atom is -0.497 e. The van der Waals surface area contributed by atoms with Gasteiger partial charge in [0.05, 0.1) is 7.11 Å². The average molecular weight is 350 g/mol. The van der Waals surface area contributed by atoms with E-state index in [1.807, 2.05) is 55.6 Å². The van der Waals surface area contributed by atoms with Gasteiger partial charge in [0, 0.05) is 35.7 Å². The van der Waals surface area contributed by atoms with Crippen LogP contribution in [-0.4, -0.2) is 30.7 Å². The van der Waals surface area contributed by atoms with Crippen LogP contribution in [0.3, 0.4) is 0 Å².